The number of hydrogen-bond acceptors (Lipinski definition) is 3. The van der Waals surface area contributed by atoms with E-state index in [4.69, 9.17) is 14.2 Å². The summed E-state index contributed by atoms with van der Waals surface area (Å²) < 4.78 is 17.2. The van der Waals surface area contributed by atoms with E-state index in [1.54, 1.807) is 0 Å². The lowest BCUT2D eigenvalue weighted by atomic mass is 9.76. The monoisotopic (exact) mass is 282 g/mol. The van der Waals surface area contributed by atoms with Gasteiger partial charge in [-0.05, 0) is 19.3 Å². The van der Waals surface area contributed by atoms with Gasteiger partial charge in [0, 0.05) is 10.8 Å². The Kier molecular flexibility index (Phi) is 5.65. The van der Waals surface area contributed by atoms with E-state index in [0.717, 1.165) is 52.3 Å². The molecule has 0 spiro atoms. The maximum absolute atomic E-state index is 6.34. The fourth-order valence-corrected chi connectivity index (χ4v) is 2.80. The zero-order valence-corrected chi connectivity index (χ0v) is 13.3. The topological polar surface area (TPSA) is 27.7 Å². The van der Waals surface area contributed by atoms with Crippen LogP contribution in [-0.2, 0) is 14.2 Å². The molecule has 0 saturated carbocycles. The summed E-state index contributed by atoms with van der Waals surface area (Å²) in [5.41, 5.74) is 0.458. The number of hydrogen-bond donors (Lipinski definition) is 0. The molecule has 20 heavy (non-hydrogen) atoms. The summed E-state index contributed by atoms with van der Waals surface area (Å²) in [6.07, 6.45) is 9.30. The van der Waals surface area contributed by atoms with Crippen LogP contribution in [0.4, 0.5) is 0 Å². The van der Waals surface area contributed by atoms with Crippen LogP contribution < -0.4 is 0 Å². The van der Waals surface area contributed by atoms with Gasteiger partial charge in [-0.25, -0.2) is 0 Å². The van der Waals surface area contributed by atoms with Gasteiger partial charge in [-0.2, -0.15) is 0 Å². The standard InChI is InChI=1S/C17H30O3/c1-4-7-8-9-15(17(6-3)13-19-14-17)20-12-16(5-2)10-18-11-16/h8-9,15H,4-7,10-14H2,1-3H3/b9-8+. The second-order valence-corrected chi connectivity index (χ2v) is 6.50. The van der Waals surface area contributed by atoms with Gasteiger partial charge in [0.25, 0.3) is 0 Å². The molecular formula is C17H30O3. The molecule has 2 saturated heterocycles. The molecule has 0 aromatic carbocycles. The summed E-state index contributed by atoms with van der Waals surface area (Å²) in [4.78, 5) is 0. The van der Waals surface area contributed by atoms with E-state index < -0.39 is 0 Å². The summed E-state index contributed by atoms with van der Waals surface area (Å²) >= 11 is 0. The highest BCUT2D eigenvalue weighted by molar-refractivity contribution is 5.04. The first kappa shape index (κ1) is 16.0. The molecule has 3 heteroatoms. The van der Waals surface area contributed by atoms with Gasteiger partial charge in [-0.15, -0.1) is 0 Å². The molecule has 2 aliphatic heterocycles. The summed E-state index contributed by atoms with van der Waals surface area (Å²) in [5, 5.41) is 0. The summed E-state index contributed by atoms with van der Waals surface area (Å²) in [7, 11) is 0. The van der Waals surface area contributed by atoms with Gasteiger partial charge in [0.1, 0.15) is 0 Å². The van der Waals surface area contributed by atoms with Gasteiger partial charge in [-0.1, -0.05) is 39.3 Å². The molecule has 0 aromatic heterocycles. The summed E-state index contributed by atoms with van der Waals surface area (Å²) in [6.45, 7) is 10.9. The Morgan fingerprint density at radius 1 is 1.05 bits per heavy atom. The minimum absolute atomic E-state index is 0.192. The molecule has 2 heterocycles. The molecule has 1 unspecified atom stereocenters. The third-order valence-corrected chi connectivity index (χ3v) is 4.99. The third kappa shape index (κ3) is 3.26. The van der Waals surface area contributed by atoms with Crippen molar-refractivity contribution in [3.05, 3.63) is 12.2 Å². The molecule has 0 aliphatic carbocycles. The second kappa shape index (κ2) is 7.06. The first-order valence-electron chi connectivity index (χ1n) is 8.14. The van der Waals surface area contributed by atoms with E-state index in [1.165, 1.54) is 6.42 Å². The Balaban J connectivity index is 1.95. The van der Waals surface area contributed by atoms with E-state index in [0.29, 0.717) is 0 Å². The lowest BCUT2D eigenvalue weighted by Gasteiger charge is -2.47. The Morgan fingerprint density at radius 2 is 1.75 bits per heavy atom. The lowest BCUT2D eigenvalue weighted by molar-refractivity contribution is -0.207. The van der Waals surface area contributed by atoms with Gasteiger partial charge in [0.05, 0.1) is 39.1 Å². The maximum Gasteiger partial charge on any atom is 0.0856 e. The van der Waals surface area contributed by atoms with Crippen LogP contribution >= 0.6 is 0 Å². The zero-order chi connectivity index (χ0) is 14.5. The maximum atomic E-state index is 6.34. The van der Waals surface area contributed by atoms with E-state index >= 15 is 0 Å². The number of allylic oxidation sites excluding steroid dienone is 1. The largest absolute Gasteiger partial charge is 0.380 e. The van der Waals surface area contributed by atoms with E-state index in [9.17, 15) is 0 Å². The lowest BCUT2D eigenvalue weighted by Crippen LogP contribution is -2.53. The third-order valence-electron chi connectivity index (χ3n) is 4.99. The molecule has 2 fully saturated rings. The van der Waals surface area contributed by atoms with Crippen LogP contribution in [0, 0.1) is 10.8 Å². The smallest absolute Gasteiger partial charge is 0.0856 e. The number of ether oxygens (including phenoxy) is 3. The first-order valence-corrected chi connectivity index (χ1v) is 8.14. The van der Waals surface area contributed by atoms with E-state index in [-0.39, 0.29) is 16.9 Å². The Morgan fingerprint density at radius 3 is 2.15 bits per heavy atom. The van der Waals surface area contributed by atoms with Crippen LogP contribution in [0.2, 0.25) is 0 Å². The van der Waals surface area contributed by atoms with Crippen LogP contribution in [0.1, 0.15) is 46.5 Å². The van der Waals surface area contributed by atoms with Crippen molar-refractivity contribution in [2.45, 2.75) is 52.6 Å². The Bertz CT molecular complexity index is 305. The molecule has 3 nitrogen and oxygen atoms in total. The fraction of sp³-hybridized carbons (Fsp3) is 0.882. The van der Waals surface area contributed by atoms with Crippen molar-refractivity contribution in [2.75, 3.05) is 33.0 Å². The molecule has 0 N–H and O–H groups in total. The molecule has 0 aromatic rings. The molecule has 1 atom stereocenters. The second-order valence-electron chi connectivity index (χ2n) is 6.50. The average Bonchev–Trinajstić information content (AvgIpc) is 2.37. The van der Waals surface area contributed by atoms with Gasteiger partial charge in [0.15, 0.2) is 0 Å². The molecule has 2 aliphatic rings. The van der Waals surface area contributed by atoms with Crippen molar-refractivity contribution < 1.29 is 14.2 Å². The normalized spacial score (nSPS) is 25.1. The molecule has 0 amide bonds. The van der Waals surface area contributed by atoms with Gasteiger partial charge in [0.2, 0.25) is 0 Å². The quantitative estimate of drug-likeness (QED) is 0.605. The van der Waals surface area contributed by atoms with Crippen molar-refractivity contribution >= 4 is 0 Å². The van der Waals surface area contributed by atoms with E-state index in [1.807, 2.05) is 0 Å². The Labute approximate surface area is 123 Å². The highest BCUT2D eigenvalue weighted by atomic mass is 16.5. The fourth-order valence-electron chi connectivity index (χ4n) is 2.80. The predicted molar refractivity (Wildman–Crippen MR) is 80.9 cm³/mol. The molecule has 0 bridgehead atoms. The molecular weight excluding hydrogens is 252 g/mol. The van der Waals surface area contributed by atoms with E-state index in [2.05, 4.69) is 32.9 Å². The highest BCUT2D eigenvalue weighted by Crippen LogP contribution is 2.39. The van der Waals surface area contributed by atoms with Gasteiger partial charge >= 0.3 is 0 Å². The van der Waals surface area contributed by atoms with Crippen molar-refractivity contribution in [3.8, 4) is 0 Å². The van der Waals surface area contributed by atoms with Crippen LogP contribution in [0.3, 0.4) is 0 Å². The van der Waals surface area contributed by atoms with Crippen molar-refractivity contribution in [1.82, 2.24) is 0 Å². The average molecular weight is 282 g/mol. The summed E-state index contributed by atoms with van der Waals surface area (Å²) in [5.74, 6) is 0. The highest BCUT2D eigenvalue weighted by Gasteiger charge is 2.45. The minimum Gasteiger partial charge on any atom is -0.380 e. The van der Waals surface area contributed by atoms with Crippen LogP contribution in [0.5, 0.6) is 0 Å². The zero-order valence-electron chi connectivity index (χ0n) is 13.3. The van der Waals surface area contributed by atoms with Gasteiger partial charge in [-0.3, -0.25) is 0 Å². The summed E-state index contributed by atoms with van der Waals surface area (Å²) in [6, 6.07) is 0. The minimum atomic E-state index is 0.192. The Hall–Kier alpha value is -0.380. The van der Waals surface area contributed by atoms with Crippen molar-refractivity contribution in [3.63, 3.8) is 0 Å². The van der Waals surface area contributed by atoms with Crippen LogP contribution in [0.25, 0.3) is 0 Å². The van der Waals surface area contributed by atoms with Crippen molar-refractivity contribution in [1.29, 1.82) is 0 Å². The number of rotatable bonds is 9. The predicted octanol–water partition coefficient (Wildman–Crippen LogP) is 3.58. The van der Waals surface area contributed by atoms with Crippen molar-refractivity contribution in [2.24, 2.45) is 10.8 Å². The van der Waals surface area contributed by atoms with Crippen LogP contribution in [-0.4, -0.2) is 39.1 Å². The van der Waals surface area contributed by atoms with Crippen LogP contribution in [0.15, 0.2) is 12.2 Å². The SMILES string of the molecule is CCC/C=C/C(OCC1(CC)COC1)C1(CC)COC1. The molecule has 116 valence electrons. The first-order chi connectivity index (χ1) is 9.70. The molecule has 0 radical (unpaired) electrons. The van der Waals surface area contributed by atoms with Gasteiger partial charge < -0.3 is 14.2 Å². The molecule has 2 rings (SSSR count). The number of unbranched alkanes of at least 4 members (excludes halogenated alkanes) is 1.